The molecule has 0 radical (unpaired) electrons. The molecule has 1 N–H and O–H groups in total. The van der Waals surface area contributed by atoms with Crippen LogP contribution in [0.15, 0.2) is 30.3 Å². The van der Waals surface area contributed by atoms with Gasteiger partial charge in [0.15, 0.2) is 0 Å². The summed E-state index contributed by atoms with van der Waals surface area (Å²) in [6.07, 6.45) is 2.56. The van der Waals surface area contributed by atoms with Crippen molar-refractivity contribution in [3.05, 3.63) is 35.9 Å². The van der Waals surface area contributed by atoms with Crippen molar-refractivity contribution < 1.29 is 14.3 Å². The molecule has 25 heavy (non-hydrogen) atoms. The molecule has 0 spiro atoms. The Morgan fingerprint density at radius 1 is 1.16 bits per heavy atom. The van der Waals surface area contributed by atoms with Crippen LogP contribution in [0.25, 0.3) is 0 Å². The Bertz CT molecular complexity index is 587. The lowest BCUT2D eigenvalue weighted by Crippen LogP contribution is -2.54. The number of rotatable bonds is 4. The Morgan fingerprint density at radius 3 is 2.52 bits per heavy atom. The number of nitrogens with one attached hydrogen (secondary N) is 1. The highest BCUT2D eigenvalue weighted by Gasteiger charge is 2.36. The highest BCUT2D eigenvalue weighted by molar-refractivity contribution is 5.76. The van der Waals surface area contributed by atoms with Crippen molar-refractivity contribution in [3.63, 3.8) is 0 Å². The van der Waals surface area contributed by atoms with Crippen LogP contribution in [0.2, 0.25) is 0 Å². The molecule has 1 aromatic rings. The van der Waals surface area contributed by atoms with Crippen LogP contribution in [0.3, 0.4) is 0 Å². The van der Waals surface area contributed by atoms with E-state index < -0.39 is 0 Å². The summed E-state index contributed by atoms with van der Waals surface area (Å²) in [7, 11) is 0. The number of benzene rings is 1. The molecule has 2 fully saturated rings. The van der Waals surface area contributed by atoms with Crippen LogP contribution in [0.1, 0.15) is 31.7 Å². The second-order valence-corrected chi connectivity index (χ2v) is 6.80. The summed E-state index contributed by atoms with van der Waals surface area (Å²) >= 11 is 0. The Kier molecular flexibility index (Phi) is 5.91. The number of amides is 3. The Balaban J connectivity index is 1.67. The van der Waals surface area contributed by atoms with Crippen LogP contribution in [0.5, 0.6) is 0 Å². The maximum atomic E-state index is 12.9. The highest BCUT2D eigenvalue weighted by atomic mass is 16.5. The molecule has 0 aromatic heterocycles. The summed E-state index contributed by atoms with van der Waals surface area (Å²) in [5.41, 5.74) is 1.08. The van der Waals surface area contributed by atoms with Gasteiger partial charge in [0.25, 0.3) is 0 Å². The van der Waals surface area contributed by atoms with E-state index >= 15 is 0 Å². The summed E-state index contributed by atoms with van der Waals surface area (Å²) in [5, 5.41) is 3.06. The minimum absolute atomic E-state index is 0.0360. The molecule has 0 bridgehead atoms. The van der Waals surface area contributed by atoms with E-state index in [9.17, 15) is 9.59 Å². The van der Waals surface area contributed by atoms with E-state index in [-0.39, 0.29) is 24.0 Å². The van der Waals surface area contributed by atoms with Crippen LogP contribution in [0, 0.1) is 0 Å². The number of likely N-dealkylation sites (tertiary alicyclic amines) is 1. The lowest BCUT2D eigenvalue weighted by atomic mass is 10.0. The zero-order valence-electron chi connectivity index (χ0n) is 14.8. The first-order valence-electron chi connectivity index (χ1n) is 9.08. The van der Waals surface area contributed by atoms with Gasteiger partial charge in [-0.25, -0.2) is 4.79 Å². The van der Waals surface area contributed by atoms with Crippen LogP contribution < -0.4 is 5.32 Å². The molecule has 2 aliphatic rings. The van der Waals surface area contributed by atoms with E-state index in [4.69, 9.17) is 4.74 Å². The third-order valence-corrected chi connectivity index (χ3v) is 5.11. The molecule has 0 aliphatic carbocycles. The maximum absolute atomic E-state index is 12.9. The second-order valence-electron chi connectivity index (χ2n) is 6.80. The van der Waals surface area contributed by atoms with E-state index in [1.54, 1.807) is 6.92 Å². The van der Waals surface area contributed by atoms with Crippen molar-refractivity contribution in [2.75, 3.05) is 26.3 Å². The van der Waals surface area contributed by atoms with Gasteiger partial charge in [0.2, 0.25) is 5.91 Å². The number of nitrogens with zero attached hydrogens (tertiary/aromatic N) is 2. The van der Waals surface area contributed by atoms with Crippen molar-refractivity contribution in [1.29, 1.82) is 0 Å². The molecule has 6 heteroatoms. The molecule has 1 atom stereocenters. The first kappa shape index (κ1) is 17.7. The first-order chi connectivity index (χ1) is 12.1. The minimum atomic E-state index is -0.0360. The zero-order valence-corrected chi connectivity index (χ0v) is 14.8. The fourth-order valence-corrected chi connectivity index (χ4v) is 3.71. The van der Waals surface area contributed by atoms with Gasteiger partial charge in [0.05, 0.1) is 6.04 Å². The lowest BCUT2D eigenvalue weighted by Gasteiger charge is -2.38. The quantitative estimate of drug-likeness (QED) is 0.908. The van der Waals surface area contributed by atoms with Crippen molar-refractivity contribution in [1.82, 2.24) is 15.1 Å². The fraction of sp³-hybridized carbons (Fsp3) is 0.579. The molecule has 3 rings (SSSR count). The van der Waals surface area contributed by atoms with E-state index in [0.717, 1.165) is 31.4 Å². The predicted molar refractivity (Wildman–Crippen MR) is 95.0 cm³/mol. The number of hydrogen-bond donors (Lipinski definition) is 1. The van der Waals surface area contributed by atoms with Gasteiger partial charge in [0.1, 0.15) is 0 Å². The van der Waals surface area contributed by atoms with Crippen molar-refractivity contribution in [2.24, 2.45) is 0 Å². The summed E-state index contributed by atoms with van der Waals surface area (Å²) in [6.45, 7) is 4.85. The molecule has 1 unspecified atom stereocenters. The summed E-state index contributed by atoms with van der Waals surface area (Å²) < 4.78 is 5.46. The Labute approximate surface area is 149 Å². The van der Waals surface area contributed by atoms with Crippen LogP contribution in [-0.2, 0) is 16.1 Å². The largest absolute Gasteiger partial charge is 0.381 e. The van der Waals surface area contributed by atoms with E-state index in [0.29, 0.717) is 26.3 Å². The van der Waals surface area contributed by atoms with Crippen molar-refractivity contribution in [3.8, 4) is 0 Å². The number of urea groups is 1. The van der Waals surface area contributed by atoms with E-state index in [1.165, 1.54) is 0 Å². The SMILES string of the molecule is CC(=O)N1CCC(N(C(=O)NCc2ccccc2)C2CCOCC2)C1. The van der Waals surface area contributed by atoms with Gasteiger partial charge in [-0.05, 0) is 24.8 Å². The van der Waals surface area contributed by atoms with Gasteiger partial charge in [-0.1, -0.05) is 30.3 Å². The van der Waals surface area contributed by atoms with Gasteiger partial charge >= 0.3 is 6.03 Å². The molecule has 1 aromatic carbocycles. The molecular formula is C19H27N3O3. The average molecular weight is 345 g/mol. The van der Waals surface area contributed by atoms with E-state index in [1.807, 2.05) is 40.1 Å². The fourth-order valence-electron chi connectivity index (χ4n) is 3.71. The van der Waals surface area contributed by atoms with Crippen LogP contribution >= 0.6 is 0 Å². The van der Waals surface area contributed by atoms with Crippen LogP contribution in [-0.4, -0.2) is 60.1 Å². The lowest BCUT2D eigenvalue weighted by molar-refractivity contribution is -0.128. The van der Waals surface area contributed by atoms with Crippen LogP contribution in [0.4, 0.5) is 4.79 Å². The monoisotopic (exact) mass is 345 g/mol. The first-order valence-corrected chi connectivity index (χ1v) is 9.08. The highest BCUT2D eigenvalue weighted by Crippen LogP contribution is 2.23. The van der Waals surface area contributed by atoms with Gasteiger partial charge in [-0.3, -0.25) is 4.79 Å². The van der Waals surface area contributed by atoms with Crippen molar-refractivity contribution >= 4 is 11.9 Å². The number of carbonyl (C=O) groups excluding carboxylic acids is 2. The summed E-state index contributed by atoms with van der Waals surface area (Å²) in [5.74, 6) is 0.0825. The van der Waals surface area contributed by atoms with Crippen molar-refractivity contribution in [2.45, 2.75) is 44.8 Å². The van der Waals surface area contributed by atoms with Gasteiger partial charge in [-0.15, -0.1) is 0 Å². The summed E-state index contributed by atoms with van der Waals surface area (Å²) in [6, 6.07) is 10.2. The Morgan fingerprint density at radius 2 is 1.88 bits per heavy atom. The topological polar surface area (TPSA) is 61.9 Å². The summed E-state index contributed by atoms with van der Waals surface area (Å²) in [4.78, 5) is 28.4. The Hall–Kier alpha value is -2.08. The molecule has 2 saturated heterocycles. The molecular weight excluding hydrogens is 318 g/mol. The predicted octanol–water partition coefficient (Wildman–Crippen LogP) is 2.00. The third kappa shape index (κ3) is 4.51. The van der Waals surface area contributed by atoms with Gasteiger partial charge < -0.3 is 19.9 Å². The molecule has 3 amide bonds. The molecule has 136 valence electrons. The van der Waals surface area contributed by atoms with Gasteiger partial charge in [-0.2, -0.15) is 0 Å². The number of hydrogen-bond acceptors (Lipinski definition) is 3. The van der Waals surface area contributed by atoms with E-state index in [2.05, 4.69) is 5.32 Å². The third-order valence-electron chi connectivity index (χ3n) is 5.11. The molecule has 2 aliphatic heterocycles. The number of ether oxygens (including phenoxy) is 1. The smallest absolute Gasteiger partial charge is 0.318 e. The second kappa shape index (κ2) is 8.34. The standard InChI is InChI=1S/C19H27N3O3/c1-15(23)21-10-7-18(14-21)22(17-8-11-25-12-9-17)19(24)20-13-16-5-3-2-4-6-16/h2-6,17-18H,7-14H2,1H3,(H,20,24). The minimum Gasteiger partial charge on any atom is -0.381 e. The average Bonchev–Trinajstić information content (AvgIpc) is 3.12. The number of carbonyl (C=O) groups is 2. The molecule has 0 saturated carbocycles. The van der Waals surface area contributed by atoms with Gasteiger partial charge in [0, 0.05) is 45.8 Å². The molecule has 2 heterocycles. The molecule has 6 nitrogen and oxygen atoms in total. The zero-order chi connectivity index (χ0) is 17.6. The maximum Gasteiger partial charge on any atom is 0.318 e. The normalized spacial score (nSPS) is 21.2.